The van der Waals surface area contributed by atoms with E-state index in [1.54, 1.807) is 17.5 Å². The van der Waals surface area contributed by atoms with Crippen LogP contribution in [0.5, 0.6) is 0 Å². The summed E-state index contributed by atoms with van der Waals surface area (Å²) < 4.78 is 1.11. The maximum Gasteiger partial charge on any atom is 0.272 e. The van der Waals surface area contributed by atoms with E-state index < -0.39 is 0 Å². The highest BCUT2D eigenvalue weighted by Gasteiger charge is 2.23. The van der Waals surface area contributed by atoms with Gasteiger partial charge < -0.3 is 9.80 Å². The molecule has 0 aliphatic carbocycles. The van der Waals surface area contributed by atoms with Gasteiger partial charge in [0.25, 0.3) is 5.91 Å². The largest absolute Gasteiger partial charge is 0.368 e. The molecule has 1 fully saturated rings. The molecular formula is C18H16ClN3OS. The molecule has 1 aliphatic heterocycles. The number of pyridine rings is 1. The summed E-state index contributed by atoms with van der Waals surface area (Å²) in [4.78, 5) is 21.2. The van der Waals surface area contributed by atoms with Crippen molar-refractivity contribution in [2.45, 2.75) is 0 Å². The van der Waals surface area contributed by atoms with Gasteiger partial charge in [0.05, 0.1) is 4.70 Å². The van der Waals surface area contributed by atoms with E-state index in [4.69, 9.17) is 11.6 Å². The number of amides is 1. The molecule has 4 nitrogen and oxygen atoms in total. The van der Waals surface area contributed by atoms with Crippen LogP contribution in [0.1, 0.15) is 10.5 Å². The third-order valence-corrected chi connectivity index (χ3v) is 5.44. The molecule has 3 aromatic rings. The third-order valence-electron chi connectivity index (χ3n) is 4.32. The average molecular weight is 358 g/mol. The highest BCUT2D eigenvalue weighted by molar-refractivity contribution is 7.17. The predicted octanol–water partition coefficient (Wildman–Crippen LogP) is 3.91. The first-order valence-electron chi connectivity index (χ1n) is 7.84. The quantitative estimate of drug-likeness (QED) is 0.697. The lowest BCUT2D eigenvalue weighted by Gasteiger charge is -2.36. The lowest BCUT2D eigenvalue weighted by Crippen LogP contribution is -2.49. The van der Waals surface area contributed by atoms with Crippen LogP contribution < -0.4 is 4.90 Å². The van der Waals surface area contributed by atoms with Crippen molar-refractivity contribution < 1.29 is 4.79 Å². The van der Waals surface area contributed by atoms with E-state index in [-0.39, 0.29) is 5.91 Å². The number of benzene rings is 1. The first kappa shape index (κ1) is 15.4. The smallest absolute Gasteiger partial charge is 0.272 e. The molecule has 1 aromatic carbocycles. The molecule has 6 heteroatoms. The zero-order valence-corrected chi connectivity index (χ0v) is 14.6. The summed E-state index contributed by atoms with van der Waals surface area (Å²) in [6, 6.07) is 11.7. The van der Waals surface area contributed by atoms with Crippen molar-refractivity contribution in [2.75, 3.05) is 31.1 Å². The zero-order chi connectivity index (χ0) is 16.5. The van der Waals surface area contributed by atoms with E-state index in [2.05, 4.69) is 9.88 Å². The number of piperazine rings is 1. The highest BCUT2D eigenvalue weighted by atomic mass is 35.5. The Kier molecular flexibility index (Phi) is 4.12. The zero-order valence-electron chi connectivity index (χ0n) is 13.0. The van der Waals surface area contributed by atoms with Crippen molar-refractivity contribution in [3.8, 4) is 0 Å². The van der Waals surface area contributed by atoms with Gasteiger partial charge in [0, 0.05) is 43.1 Å². The minimum atomic E-state index is 0.0128. The Labute approximate surface area is 149 Å². The topological polar surface area (TPSA) is 36.4 Å². The van der Waals surface area contributed by atoms with Crippen molar-refractivity contribution >= 4 is 44.6 Å². The van der Waals surface area contributed by atoms with Gasteiger partial charge in [-0.05, 0) is 47.2 Å². The summed E-state index contributed by atoms with van der Waals surface area (Å²) in [6.07, 6.45) is 1.79. The van der Waals surface area contributed by atoms with Crippen molar-refractivity contribution in [1.29, 1.82) is 0 Å². The molecule has 0 atom stereocenters. The SMILES string of the molecule is O=C(c1cc2ccsc2cn1)N1CCN(c2ccc(Cl)cc2)CC1. The average Bonchev–Trinajstić information content (AvgIpc) is 3.09. The number of carbonyl (C=O) groups excluding carboxylic acids is 1. The molecule has 0 radical (unpaired) electrons. The van der Waals surface area contributed by atoms with Gasteiger partial charge in [-0.3, -0.25) is 4.79 Å². The van der Waals surface area contributed by atoms with E-state index >= 15 is 0 Å². The van der Waals surface area contributed by atoms with Crippen LogP contribution in [0.4, 0.5) is 5.69 Å². The molecule has 0 N–H and O–H groups in total. The Morgan fingerprint density at radius 1 is 1.08 bits per heavy atom. The van der Waals surface area contributed by atoms with E-state index in [0.29, 0.717) is 18.8 Å². The van der Waals surface area contributed by atoms with Crippen LogP contribution in [0.3, 0.4) is 0 Å². The molecule has 0 spiro atoms. The number of thiophene rings is 1. The summed E-state index contributed by atoms with van der Waals surface area (Å²) in [7, 11) is 0. The number of halogens is 1. The van der Waals surface area contributed by atoms with Crippen LogP contribution in [0.2, 0.25) is 5.02 Å². The maximum atomic E-state index is 12.7. The van der Waals surface area contributed by atoms with Crippen molar-refractivity contribution in [3.05, 3.63) is 58.7 Å². The second-order valence-corrected chi connectivity index (χ2v) is 7.17. The van der Waals surface area contributed by atoms with Crippen LogP contribution in [-0.4, -0.2) is 42.0 Å². The molecule has 1 amide bonds. The van der Waals surface area contributed by atoms with E-state index in [9.17, 15) is 4.79 Å². The first-order chi connectivity index (χ1) is 11.7. The molecule has 1 aliphatic rings. The number of carbonyl (C=O) groups is 1. The normalized spacial score (nSPS) is 15.0. The van der Waals surface area contributed by atoms with Crippen LogP contribution in [0.15, 0.2) is 48.0 Å². The Hall–Kier alpha value is -2.11. The Balaban J connectivity index is 1.44. The van der Waals surface area contributed by atoms with E-state index in [1.165, 1.54) is 0 Å². The number of rotatable bonds is 2. The van der Waals surface area contributed by atoms with E-state index in [1.807, 2.05) is 46.7 Å². The number of fused-ring (bicyclic) bond motifs is 1. The predicted molar refractivity (Wildman–Crippen MR) is 99.2 cm³/mol. The highest BCUT2D eigenvalue weighted by Crippen LogP contribution is 2.22. The molecule has 0 bridgehead atoms. The maximum absolute atomic E-state index is 12.7. The van der Waals surface area contributed by atoms with Crippen LogP contribution in [0.25, 0.3) is 10.1 Å². The summed E-state index contributed by atoms with van der Waals surface area (Å²) in [6.45, 7) is 3.03. The van der Waals surface area contributed by atoms with Crippen LogP contribution >= 0.6 is 22.9 Å². The third kappa shape index (κ3) is 2.97. The summed E-state index contributed by atoms with van der Waals surface area (Å²) in [5, 5.41) is 3.84. The fourth-order valence-electron chi connectivity index (χ4n) is 2.97. The second-order valence-electron chi connectivity index (χ2n) is 5.78. The van der Waals surface area contributed by atoms with Gasteiger partial charge in [0.15, 0.2) is 0 Å². The molecule has 122 valence electrons. The number of hydrogen-bond acceptors (Lipinski definition) is 4. The van der Waals surface area contributed by atoms with Gasteiger partial charge in [-0.15, -0.1) is 11.3 Å². The molecule has 24 heavy (non-hydrogen) atoms. The standard InChI is InChI=1S/C18H16ClN3OS/c19-14-1-3-15(4-2-14)21-6-8-22(9-7-21)18(23)16-11-13-5-10-24-17(13)12-20-16/h1-5,10-12H,6-9H2. The number of hydrogen-bond donors (Lipinski definition) is 0. The number of nitrogens with zero attached hydrogens (tertiary/aromatic N) is 3. The lowest BCUT2D eigenvalue weighted by molar-refractivity contribution is 0.0741. The van der Waals surface area contributed by atoms with Crippen LogP contribution in [-0.2, 0) is 0 Å². The van der Waals surface area contributed by atoms with Crippen molar-refractivity contribution in [1.82, 2.24) is 9.88 Å². The van der Waals surface area contributed by atoms with Crippen LogP contribution in [0, 0.1) is 0 Å². The molecule has 2 aromatic heterocycles. The fraction of sp³-hybridized carbons (Fsp3) is 0.222. The Morgan fingerprint density at radius 3 is 2.58 bits per heavy atom. The molecule has 0 saturated carbocycles. The van der Waals surface area contributed by atoms with Gasteiger partial charge in [-0.1, -0.05) is 11.6 Å². The first-order valence-corrected chi connectivity index (χ1v) is 9.09. The summed E-state index contributed by atoms with van der Waals surface area (Å²) in [5.74, 6) is 0.0128. The number of aromatic nitrogens is 1. The summed E-state index contributed by atoms with van der Waals surface area (Å²) in [5.41, 5.74) is 1.67. The van der Waals surface area contributed by atoms with E-state index in [0.717, 1.165) is 33.9 Å². The minimum Gasteiger partial charge on any atom is -0.368 e. The van der Waals surface area contributed by atoms with Gasteiger partial charge in [0.1, 0.15) is 5.69 Å². The second kappa shape index (κ2) is 6.42. The number of anilines is 1. The van der Waals surface area contributed by atoms with Gasteiger partial charge >= 0.3 is 0 Å². The fourth-order valence-corrected chi connectivity index (χ4v) is 3.83. The van der Waals surface area contributed by atoms with Crippen molar-refractivity contribution in [3.63, 3.8) is 0 Å². The lowest BCUT2D eigenvalue weighted by atomic mass is 10.2. The molecule has 0 unspecified atom stereocenters. The monoisotopic (exact) mass is 357 g/mol. The Bertz CT molecular complexity index is 869. The van der Waals surface area contributed by atoms with Gasteiger partial charge in [0.2, 0.25) is 0 Å². The molecule has 4 rings (SSSR count). The van der Waals surface area contributed by atoms with Crippen molar-refractivity contribution in [2.24, 2.45) is 0 Å². The molecule has 3 heterocycles. The van der Waals surface area contributed by atoms with Gasteiger partial charge in [-0.2, -0.15) is 0 Å². The molecular weight excluding hydrogens is 342 g/mol. The minimum absolute atomic E-state index is 0.0128. The Morgan fingerprint density at radius 2 is 1.83 bits per heavy atom. The van der Waals surface area contributed by atoms with Gasteiger partial charge in [-0.25, -0.2) is 4.98 Å². The summed E-state index contributed by atoms with van der Waals surface area (Å²) >= 11 is 7.58. The molecule has 1 saturated heterocycles.